The molecular weight excluding hydrogens is 358 g/mol. The maximum atomic E-state index is 12.9. The van der Waals surface area contributed by atoms with E-state index in [1.807, 2.05) is 0 Å². The Morgan fingerprint density at radius 3 is 2.26 bits per heavy atom. The molecule has 0 aliphatic carbocycles. The fourth-order valence-electron chi connectivity index (χ4n) is 5.33. The Kier molecular flexibility index (Phi) is 5.61. The lowest BCUT2D eigenvalue weighted by Gasteiger charge is -2.50. The van der Waals surface area contributed by atoms with E-state index in [4.69, 9.17) is 0 Å². The van der Waals surface area contributed by atoms with E-state index in [1.54, 1.807) is 8.61 Å². The van der Waals surface area contributed by atoms with Crippen LogP contribution in [0, 0.1) is 5.41 Å². The minimum atomic E-state index is -3.25. The number of hydrogen-bond donors (Lipinski definition) is 0. The Hall–Kier alpha value is -0.950. The van der Waals surface area contributed by atoms with Crippen molar-refractivity contribution in [3.05, 3.63) is 35.9 Å². The van der Waals surface area contributed by atoms with E-state index in [9.17, 15) is 8.42 Å². The first-order valence-corrected chi connectivity index (χ1v) is 11.9. The first-order chi connectivity index (χ1) is 13.0. The molecule has 3 heterocycles. The predicted octanol–water partition coefficient (Wildman–Crippen LogP) is 2.92. The van der Waals surface area contributed by atoms with Crippen LogP contribution in [-0.2, 0) is 10.2 Å². The van der Waals surface area contributed by atoms with Gasteiger partial charge in [-0.15, -0.1) is 0 Å². The van der Waals surface area contributed by atoms with Gasteiger partial charge in [0.2, 0.25) is 0 Å². The van der Waals surface area contributed by atoms with Crippen LogP contribution in [0.5, 0.6) is 0 Å². The smallest absolute Gasteiger partial charge is 0.281 e. The summed E-state index contributed by atoms with van der Waals surface area (Å²) in [6.45, 7) is 8.31. The zero-order chi connectivity index (χ0) is 18.9. The normalized spacial score (nSPS) is 28.0. The van der Waals surface area contributed by atoms with Crippen LogP contribution in [0.3, 0.4) is 0 Å². The molecule has 5 nitrogen and oxygen atoms in total. The molecule has 0 aromatic heterocycles. The fraction of sp³-hybridized carbons (Fsp3) is 0.714. The Bertz CT molecular complexity index is 723. The van der Waals surface area contributed by atoms with Gasteiger partial charge in [0, 0.05) is 39.3 Å². The SMILES string of the molecule is CCN1C[C@H](c2ccccc2)CC2(CCN(S(=O)(=O)N3CCCC3)CC2)C1. The third kappa shape index (κ3) is 3.95. The summed E-state index contributed by atoms with van der Waals surface area (Å²) in [7, 11) is -3.25. The lowest BCUT2D eigenvalue weighted by molar-refractivity contribution is 0.0327. The Labute approximate surface area is 164 Å². The van der Waals surface area contributed by atoms with Crippen molar-refractivity contribution in [2.75, 3.05) is 45.8 Å². The van der Waals surface area contributed by atoms with Gasteiger partial charge in [-0.05, 0) is 55.5 Å². The molecule has 27 heavy (non-hydrogen) atoms. The summed E-state index contributed by atoms with van der Waals surface area (Å²) < 4.78 is 29.3. The molecule has 0 N–H and O–H groups in total. The topological polar surface area (TPSA) is 43.9 Å². The first-order valence-electron chi connectivity index (χ1n) is 10.5. The molecule has 1 aromatic rings. The van der Waals surface area contributed by atoms with Gasteiger partial charge in [0.25, 0.3) is 10.2 Å². The Balaban J connectivity index is 1.47. The maximum absolute atomic E-state index is 12.9. The molecule has 0 radical (unpaired) electrons. The van der Waals surface area contributed by atoms with Crippen molar-refractivity contribution in [1.82, 2.24) is 13.5 Å². The van der Waals surface area contributed by atoms with Gasteiger partial charge in [0.15, 0.2) is 0 Å². The molecule has 1 aromatic carbocycles. The molecule has 0 bridgehead atoms. The van der Waals surface area contributed by atoms with Gasteiger partial charge in [0.05, 0.1) is 0 Å². The minimum Gasteiger partial charge on any atom is -0.302 e. The summed E-state index contributed by atoms with van der Waals surface area (Å²) in [5.74, 6) is 0.557. The van der Waals surface area contributed by atoms with Gasteiger partial charge in [-0.1, -0.05) is 37.3 Å². The number of likely N-dealkylation sites (tertiary alicyclic amines) is 1. The highest BCUT2D eigenvalue weighted by atomic mass is 32.2. The van der Waals surface area contributed by atoms with E-state index in [1.165, 1.54) is 12.0 Å². The van der Waals surface area contributed by atoms with Gasteiger partial charge >= 0.3 is 0 Å². The molecule has 1 atom stereocenters. The fourth-order valence-corrected chi connectivity index (χ4v) is 7.02. The van der Waals surface area contributed by atoms with E-state index >= 15 is 0 Å². The van der Waals surface area contributed by atoms with Crippen LogP contribution in [0.25, 0.3) is 0 Å². The lowest BCUT2D eigenvalue weighted by Crippen LogP contribution is -2.54. The van der Waals surface area contributed by atoms with Crippen LogP contribution in [-0.4, -0.2) is 67.7 Å². The average molecular weight is 392 g/mol. The quantitative estimate of drug-likeness (QED) is 0.793. The molecule has 3 aliphatic heterocycles. The molecule has 3 fully saturated rings. The summed E-state index contributed by atoms with van der Waals surface area (Å²) in [4.78, 5) is 2.58. The first kappa shape index (κ1) is 19.4. The monoisotopic (exact) mass is 391 g/mol. The van der Waals surface area contributed by atoms with Crippen LogP contribution < -0.4 is 0 Å². The third-order valence-corrected chi connectivity index (χ3v) is 8.97. The zero-order valence-corrected chi connectivity index (χ0v) is 17.3. The van der Waals surface area contributed by atoms with E-state index < -0.39 is 10.2 Å². The number of nitrogens with zero attached hydrogens (tertiary/aromatic N) is 3. The maximum Gasteiger partial charge on any atom is 0.281 e. The largest absolute Gasteiger partial charge is 0.302 e. The van der Waals surface area contributed by atoms with Gasteiger partial charge in [-0.25, -0.2) is 0 Å². The molecule has 1 spiro atoms. The van der Waals surface area contributed by atoms with Crippen molar-refractivity contribution in [3.63, 3.8) is 0 Å². The average Bonchev–Trinajstić information content (AvgIpc) is 3.24. The molecular formula is C21H33N3O2S. The number of likely N-dealkylation sites (N-methyl/N-ethyl adjacent to an activating group) is 1. The van der Waals surface area contributed by atoms with Crippen LogP contribution in [0.1, 0.15) is 50.5 Å². The van der Waals surface area contributed by atoms with Gasteiger partial charge < -0.3 is 4.90 Å². The summed E-state index contributed by atoms with van der Waals surface area (Å²) in [5, 5.41) is 0. The molecule has 6 heteroatoms. The van der Waals surface area contributed by atoms with Crippen molar-refractivity contribution >= 4 is 10.2 Å². The number of piperidine rings is 2. The lowest BCUT2D eigenvalue weighted by atomic mass is 9.68. The molecule has 0 saturated carbocycles. The Morgan fingerprint density at radius 2 is 1.63 bits per heavy atom. The molecule has 0 unspecified atom stereocenters. The predicted molar refractivity (Wildman–Crippen MR) is 109 cm³/mol. The summed E-state index contributed by atoms with van der Waals surface area (Å²) in [6.07, 6.45) is 5.16. The van der Waals surface area contributed by atoms with Crippen LogP contribution in [0.15, 0.2) is 30.3 Å². The second-order valence-electron chi connectivity index (χ2n) is 8.65. The van der Waals surface area contributed by atoms with Crippen molar-refractivity contribution in [2.45, 2.75) is 44.9 Å². The molecule has 3 saturated heterocycles. The Morgan fingerprint density at radius 1 is 1.00 bits per heavy atom. The number of rotatable bonds is 4. The highest BCUT2D eigenvalue weighted by molar-refractivity contribution is 7.86. The van der Waals surface area contributed by atoms with Crippen molar-refractivity contribution in [3.8, 4) is 0 Å². The number of benzene rings is 1. The highest BCUT2D eigenvalue weighted by Crippen LogP contribution is 2.45. The second kappa shape index (κ2) is 7.82. The molecule has 0 amide bonds. The van der Waals surface area contributed by atoms with Crippen molar-refractivity contribution in [2.24, 2.45) is 5.41 Å². The van der Waals surface area contributed by atoms with Gasteiger partial charge in [-0.3, -0.25) is 0 Å². The van der Waals surface area contributed by atoms with Gasteiger partial charge in [0.1, 0.15) is 0 Å². The van der Waals surface area contributed by atoms with Crippen LogP contribution >= 0.6 is 0 Å². The number of hydrogen-bond acceptors (Lipinski definition) is 3. The highest BCUT2D eigenvalue weighted by Gasteiger charge is 2.44. The van der Waals surface area contributed by atoms with Crippen LogP contribution in [0.2, 0.25) is 0 Å². The summed E-state index contributed by atoms with van der Waals surface area (Å²) in [5.41, 5.74) is 1.69. The van der Waals surface area contributed by atoms with Crippen molar-refractivity contribution < 1.29 is 8.42 Å². The van der Waals surface area contributed by atoms with Crippen LogP contribution in [0.4, 0.5) is 0 Å². The van der Waals surface area contributed by atoms with E-state index in [2.05, 4.69) is 42.2 Å². The van der Waals surface area contributed by atoms with Crippen molar-refractivity contribution in [1.29, 1.82) is 0 Å². The van der Waals surface area contributed by atoms with Gasteiger partial charge in [-0.2, -0.15) is 17.0 Å². The molecule has 4 rings (SSSR count). The standard InChI is InChI=1S/C21H33N3O2S/c1-2-22-17-20(19-8-4-3-5-9-19)16-21(18-22)10-14-24(15-11-21)27(25,26)23-12-6-7-13-23/h3-5,8-9,20H,2,6-7,10-18H2,1H3/t20-/m1/s1. The zero-order valence-electron chi connectivity index (χ0n) is 16.5. The summed E-state index contributed by atoms with van der Waals surface area (Å²) >= 11 is 0. The van der Waals surface area contributed by atoms with E-state index in [0.29, 0.717) is 32.1 Å². The van der Waals surface area contributed by atoms with E-state index in [-0.39, 0.29) is 5.41 Å². The second-order valence-corrected chi connectivity index (χ2v) is 10.6. The molecule has 150 valence electrons. The minimum absolute atomic E-state index is 0.256. The third-order valence-electron chi connectivity index (χ3n) is 6.94. The van der Waals surface area contributed by atoms with E-state index in [0.717, 1.165) is 45.3 Å². The summed E-state index contributed by atoms with van der Waals surface area (Å²) in [6, 6.07) is 10.9. The molecule has 3 aliphatic rings.